The van der Waals surface area contributed by atoms with E-state index >= 15 is 0 Å². The largest absolute Gasteiger partial charge is 0.349 e. The molecule has 0 bridgehead atoms. The maximum absolute atomic E-state index is 12.0. The van der Waals surface area contributed by atoms with E-state index in [2.05, 4.69) is 47.4 Å². The lowest BCUT2D eigenvalue weighted by atomic mass is 10.3. The van der Waals surface area contributed by atoms with Gasteiger partial charge in [-0.05, 0) is 38.8 Å². The van der Waals surface area contributed by atoms with Crippen molar-refractivity contribution in [3.8, 4) is 0 Å². The van der Waals surface area contributed by atoms with Crippen LogP contribution in [0.1, 0.15) is 18.7 Å². The van der Waals surface area contributed by atoms with Crippen LogP contribution in [0.2, 0.25) is 0 Å². The Balaban J connectivity index is 1.98. The van der Waals surface area contributed by atoms with Crippen LogP contribution in [0.3, 0.4) is 0 Å². The van der Waals surface area contributed by atoms with Gasteiger partial charge in [-0.2, -0.15) is 10.2 Å². The van der Waals surface area contributed by atoms with Crippen molar-refractivity contribution in [1.29, 1.82) is 0 Å². The fourth-order valence-electron chi connectivity index (χ4n) is 1.60. The molecule has 6 nitrogen and oxygen atoms in total. The standard InChI is InChI=1S/C11H13Br2N5O/c1-7(18-6-8(12)3-16-18)11(19)14-5-10-9(13)4-15-17(10)2/h3-4,6-7H,5H2,1-2H3,(H,14,19). The van der Waals surface area contributed by atoms with Gasteiger partial charge in [-0.3, -0.25) is 14.2 Å². The fourth-order valence-corrected chi connectivity index (χ4v) is 2.39. The van der Waals surface area contributed by atoms with Crippen LogP contribution in [0.25, 0.3) is 0 Å². The highest BCUT2D eigenvalue weighted by Crippen LogP contribution is 2.15. The van der Waals surface area contributed by atoms with E-state index in [0.717, 1.165) is 14.6 Å². The predicted octanol–water partition coefficient (Wildman–Crippen LogP) is 2.02. The molecule has 1 unspecified atom stereocenters. The molecule has 0 saturated carbocycles. The zero-order valence-corrected chi connectivity index (χ0v) is 13.6. The first kappa shape index (κ1) is 14.3. The molecular formula is C11H13Br2N5O. The third kappa shape index (κ3) is 3.24. The smallest absolute Gasteiger partial charge is 0.244 e. The Bertz CT molecular complexity index is 572. The SMILES string of the molecule is CC(C(=O)NCc1c(Br)cnn1C)n1cc(Br)cn1. The molecule has 1 amide bonds. The van der Waals surface area contributed by atoms with Crippen molar-refractivity contribution >= 4 is 37.8 Å². The molecule has 1 N–H and O–H groups in total. The van der Waals surface area contributed by atoms with Gasteiger partial charge in [0.05, 0.1) is 33.6 Å². The van der Waals surface area contributed by atoms with Crippen LogP contribution in [-0.4, -0.2) is 25.5 Å². The van der Waals surface area contributed by atoms with E-state index < -0.39 is 0 Å². The Morgan fingerprint density at radius 1 is 1.42 bits per heavy atom. The number of hydrogen-bond acceptors (Lipinski definition) is 3. The van der Waals surface area contributed by atoms with Gasteiger partial charge >= 0.3 is 0 Å². The maximum Gasteiger partial charge on any atom is 0.244 e. The summed E-state index contributed by atoms with van der Waals surface area (Å²) in [5.41, 5.74) is 0.919. The Morgan fingerprint density at radius 2 is 2.16 bits per heavy atom. The van der Waals surface area contributed by atoms with Crippen molar-refractivity contribution in [2.24, 2.45) is 7.05 Å². The van der Waals surface area contributed by atoms with Gasteiger partial charge in [-0.1, -0.05) is 0 Å². The van der Waals surface area contributed by atoms with Gasteiger partial charge < -0.3 is 5.32 Å². The Morgan fingerprint density at radius 3 is 2.68 bits per heavy atom. The highest BCUT2D eigenvalue weighted by molar-refractivity contribution is 9.10. The van der Waals surface area contributed by atoms with Crippen molar-refractivity contribution < 1.29 is 4.79 Å². The average Bonchev–Trinajstić information content (AvgIpc) is 2.93. The average molecular weight is 391 g/mol. The highest BCUT2D eigenvalue weighted by Gasteiger charge is 2.16. The molecule has 2 aromatic heterocycles. The summed E-state index contributed by atoms with van der Waals surface area (Å²) in [6.07, 6.45) is 5.13. The van der Waals surface area contributed by atoms with Crippen LogP contribution < -0.4 is 5.32 Å². The summed E-state index contributed by atoms with van der Waals surface area (Å²) in [7, 11) is 1.83. The molecule has 0 aliphatic carbocycles. The number of rotatable bonds is 4. The lowest BCUT2D eigenvalue weighted by Crippen LogP contribution is -2.31. The summed E-state index contributed by atoms with van der Waals surface area (Å²) in [6, 6.07) is -0.363. The first-order valence-electron chi connectivity index (χ1n) is 5.62. The minimum absolute atomic E-state index is 0.0938. The third-order valence-corrected chi connectivity index (χ3v) is 3.86. The molecule has 8 heteroatoms. The topological polar surface area (TPSA) is 64.7 Å². The van der Waals surface area contributed by atoms with Crippen molar-refractivity contribution in [2.75, 3.05) is 0 Å². The van der Waals surface area contributed by atoms with Crippen LogP contribution in [0.4, 0.5) is 0 Å². The van der Waals surface area contributed by atoms with Gasteiger partial charge in [0.2, 0.25) is 5.91 Å². The second-order valence-corrected chi connectivity index (χ2v) is 5.87. The van der Waals surface area contributed by atoms with Gasteiger partial charge in [-0.15, -0.1) is 0 Å². The Labute approximate surface area is 127 Å². The van der Waals surface area contributed by atoms with E-state index in [4.69, 9.17) is 0 Å². The summed E-state index contributed by atoms with van der Waals surface area (Å²) in [4.78, 5) is 12.0. The number of aryl methyl sites for hydroxylation is 1. The molecule has 0 fully saturated rings. The van der Waals surface area contributed by atoms with E-state index in [1.54, 1.807) is 34.9 Å². The highest BCUT2D eigenvalue weighted by atomic mass is 79.9. The van der Waals surface area contributed by atoms with E-state index in [1.807, 2.05) is 7.05 Å². The van der Waals surface area contributed by atoms with Crippen molar-refractivity contribution in [2.45, 2.75) is 19.5 Å². The zero-order chi connectivity index (χ0) is 14.0. The van der Waals surface area contributed by atoms with Crippen LogP contribution in [0.5, 0.6) is 0 Å². The van der Waals surface area contributed by atoms with E-state index in [9.17, 15) is 4.79 Å². The fraction of sp³-hybridized carbons (Fsp3) is 0.364. The minimum atomic E-state index is -0.363. The molecule has 19 heavy (non-hydrogen) atoms. The quantitative estimate of drug-likeness (QED) is 0.868. The summed E-state index contributed by atoms with van der Waals surface area (Å²) in [5, 5.41) is 11.1. The van der Waals surface area contributed by atoms with Gasteiger partial charge in [0.1, 0.15) is 6.04 Å². The number of carbonyl (C=O) groups excluding carboxylic acids is 1. The van der Waals surface area contributed by atoms with E-state index in [1.165, 1.54) is 0 Å². The summed E-state index contributed by atoms with van der Waals surface area (Å²) in [5.74, 6) is -0.0938. The first-order chi connectivity index (χ1) is 8.99. The van der Waals surface area contributed by atoms with Crippen LogP contribution in [-0.2, 0) is 18.4 Å². The van der Waals surface area contributed by atoms with Crippen LogP contribution >= 0.6 is 31.9 Å². The first-order valence-corrected chi connectivity index (χ1v) is 7.21. The second kappa shape index (κ2) is 5.87. The number of nitrogens with zero attached hydrogens (tertiary/aromatic N) is 4. The van der Waals surface area contributed by atoms with E-state index in [0.29, 0.717) is 6.54 Å². The monoisotopic (exact) mass is 389 g/mol. The van der Waals surface area contributed by atoms with E-state index in [-0.39, 0.29) is 11.9 Å². The number of nitrogens with one attached hydrogen (secondary N) is 1. The summed E-state index contributed by atoms with van der Waals surface area (Å²) >= 11 is 6.70. The molecule has 0 aliphatic heterocycles. The number of aromatic nitrogens is 4. The molecule has 2 rings (SSSR count). The van der Waals surface area contributed by atoms with Crippen LogP contribution in [0.15, 0.2) is 27.5 Å². The van der Waals surface area contributed by atoms with Crippen LogP contribution in [0, 0.1) is 0 Å². The summed E-state index contributed by atoms with van der Waals surface area (Å²) in [6.45, 7) is 2.22. The van der Waals surface area contributed by atoms with Gasteiger partial charge in [-0.25, -0.2) is 0 Å². The molecule has 1 atom stereocenters. The Hall–Kier alpha value is -1.15. The molecule has 2 aromatic rings. The Kier molecular flexibility index (Phi) is 4.41. The molecule has 0 aromatic carbocycles. The molecule has 102 valence electrons. The second-order valence-electron chi connectivity index (χ2n) is 4.10. The molecule has 0 saturated heterocycles. The van der Waals surface area contributed by atoms with Gasteiger partial charge in [0, 0.05) is 13.2 Å². The molecular weight excluding hydrogens is 378 g/mol. The van der Waals surface area contributed by atoms with Crippen molar-refractivity contribution in [3.63, 3.8) is 0 Å². The number of carbonyl (C=O) groups is 1. The van der Waals surface area contributed by atoms with Crippen molar-refractivity contribution in [1.82, 2.24) is 24.9 Å². The van der Waals surface area contributed by atoms with Crippen molar-refractivity contribution in [3.05, 3.63) is 33.2 Å². The number of halogens is 2. The van der Waals surface area contributed by atoms with Gasteiger partial charge in [0.25, 0.3) is 0 Å². The molecule has 2 heterocycles. The molecule has 0 radical (unpaired) electrons. The molecule has 0 spiro atoms. The third-order valence-electron chi connectivity index (χ3n) is 2.79. The number of hydrogen-bond donors (Lipinski definition) is 1. The lowest BCUT2D eigenvalue weighted by Gasteiger charge is -2.12. The lowest BCUT2D eigenvalue weighted by molar-refractivity contribution is -0.124. The summed E-state index contributed by atoms with van der Waals surface area (Å²) < 4.78 is 5.06. The van der Waals surface area contributed by atoms with Gasteiger partial charge in [0.15, 0.2) is 0 Å². The molecule has 0 aliphatic rings. The number of amides is 1. The predicted molar refractivity (Wildman–Crippen MR) is 77.4 cm³/mol. The minimum Gasteiger partial charge on any atom is -0.349 e. The zero-order valence-electron chi connectivity index (χ0n) is 10.5. The maximum atomic E-state index is 12.0. The normalized spacial score (nSPS) is 12.4.